The van der Waals surface area contributed by atoms with Crippen LogP contribution in [0.1, 0.15) is 80.1 Å². The fraction of sp³-hybridized carbons (Fsp3) is 0.917. The molecule has 4 saturated heterocycles. The fourth-order valence-corrected chi connectivity index (χ4v) is 4.88. The minimum absolute atomic E-state index is 0.166. The van der Waals surface area contributed by atoms with Crippen molar-refractivity contribution in [2.75, 3.05) is 39.3 Å². The lowest BCUT2D eigenvalue weighted by Crippen LogP contribution is -2.65. The molecule has 32 heavy (non-hydrogen) atoms. The lowest BCUT2D eigenvalue weighted by molar-refractivity contribution is 0.00180. The van der Waals surface area contributed by atoms with Gasteiger partial charge in [0.1, 0.15) is 11.2 Å². The van der Waals surface area contributed by atoms with E-state index < -0.39 is 11.2 Å². The maximum atomic E-state index is 11.9. The van der Waals surface area contributed by atoms with E-state index >= 15 is 0 Å². The summed E-state index contributed by atoms with van der Waals surface area (Å²) in [5, 5.41) is 6.92. The highest BCUT2D eigenvalue weighted by Crippen LogP contribution is 2.31. The van der Waals surface area contributed by atoms with Gasteiger partial charge in [0.15, 0.2) is 0 Å². The first-order valence-corrected chi connectivity index (χ1v) is 12.3. The highest BCUT2D eigenvalue weighted by molar-refractivity contribution is 5.69. The van der Waals surface area contributed by atoms with Crippen molar-refractivity contribution in [2.45, 2.75) is 102 Å². The van der Waals surface area contributed by atoms with Crippen molar-refractivity contribution < 1.29 is 19.1 Å². The molecule has 8 heteroatoms. The van der Waals surface area contributed by atoms with Gasteiger partial charge in [-0.05, 0) is 93.2 Å². The molecule has 2 N–H and O–H groups in total. The van der Waals surface area contributed by atoms with E-state index in [-0.39, 0.29) is 23.3 Å². The van der Waals surface area contributed by atoms with Crippen LogP contribution in [0, 0.1) is 0 Å². The van der Waals surface area contributed by atoms with Gasteiger partial charge in [-0.15, -0.1) is 0 Å². The Morgan fingerprint density at radius 1 is 0.688 bits per heavy atom. The third kappa shape index (κ3) is 6.73. The lowest BCUT2D eigenvalue weighted by atomic mass is 9.80. The molecule has 0 aliphatic carbocycles. The van der Waals surface area contributed by atoms with Crippen LogP contribution in [0.4, 0.5) is 9.59 Å². The van der Waals surface area contributed by atoms with Crippen molar-refractivity contribution in [2.24, 2.45) is 0 Å². The molecule has 4 fully saturated rings. The van der Waals surface area contributed by atoms with Crippen LogP contribution < -0.4 is 10.6 Å². The topological polar surface area (TPSA) is 83.1 Å². The molecule has 4 aliphatic heterocycles. The monoisotopic (exact) mass is 452 g/mol. The summed E-state index contributed by atoms with van der Waals surface area (Å²) in [6.45, 7) is 16.9. The number of likely N-dealkylation sites (tertiary alicyclic amines) is 2. The molecular formula is C24H44N4O4. The van der Waals surface area contributed by atoms with E-state index in [1.54, 1.807) is 0 Å². The Bertz CT molecular complexity index is 616. The van der Waals surface area contributed by atoms with Crippen molar-refractivity contribution in [3.63, 3.8) is 0 Å². The Kier molecular flexibility index (Phi) is 7.35. The van der Waals surface area contributed by atoms with Gasteiger partial charge >= 0.3 is 12.2 Å². The molecule has 2 atom stereocenters. The largest absolute Gasteiger partial charge is 0.444 e. The first kappa shape index (κ1) is 25.1. The van der Waals surface area contributed by atoms with Gasteiger partial charge in [-0.25, -0.2) is 9.59 Å². The summed E-state index contributed by atoms with van der Waals surface area (Å²) < 4.78 is 10.8. The minimum Gasteiger partial charge on any atom is -0.444 e. The maximum absolute atomic E-state index is 11.9. The van der Waals surface area contributed by atoms with Gasteiger partial charge in [0, 0.05) is 37.3 Å². The van der Waals surface area contributed by atoms with Crippen LogP contribution in [0.25, 0.3) is 0 Å². The van der Waals surface area contributed by atoms with Gasteiger partial charge in [-0.1, -0.05) is 0 Å². The van der Waals surface area contributed by atoms with Crippen molar-refractivity contribution in [3.05, 3.63) is 0 Å². The number of amides is 2. The first-order chi connectivity index (χ1) is 14.8. The third-order valence-corrected chi connectivity index (χ3v) is 6.66. The average Bonchev–Trinajstić information content (AvgIpc) is 2.63. The second kappa shape index (κ2) is 9.37. The second-order valence-electron chi connectivity index (χ2n) is 11.9. The van der Waals surface area contributed by atoms with Crippen molar-refractivity contribution >= 4 is 12.2 Å². The maximum Gasteiger partial charge on any atom is 0.410 e. The summed E-state index contributed by atoms with van der Waals surface area (Å²) in [4.78, 5) is 27.5. The number of carbonyl (C=O) groups is 2. The van der Waals surface area contributed by atoms with Gasteiger partial charge in [0.25, 0.3) is 0 Å². The Labute approximate surface area is 193 Å². The van der Waals surface area contributed by atoms with Crippen molar-refractivity contribution in [1.29, 1.82) is 0 Å². The van der Waals surface area contributed by atoms with Crippen molar-refractivity contribution in [1.82, 2.24) is 20.4 Å². The van der Waals surface area contributed by atoms with E-state index in [1.165, 1.54) is 25.7 Å². The minimum atomic E-state index is -0.394. The molecule has 2 spiro atoms. The van der Waals surface area contributed by atoms with E-state index in [4.69, 9.17) is 9.47 Å². The second-order valence-corrected chi connectivity index (χ2v) is 11.9. The van der Waals surface area contributed by atoms with Gasteiger partial charge in [-0.2, -0.15) is 0 Å². The Morgan fingerprint density at radius 2 is 1.03 bits per heavy atom. The molecule has 0 aromatic rings. The summed E-state index contributed by atoms with van der Waals surface area (Å²) >= 11 is 0. The number of nitrogens with zero attached hydrogens (tertiary/aromatic N) is 2. The lowest BCUT2D eigenvalue weighted by Gasteiger charge is -2.49. The van der Waals surface area contributed by atoms with Gasteiger partial charge < -0.3 is 29.9 Å². The number of ether oxygens (including phenoxy) is 2. The number of hydrogen-bond donors (Lipinski definition) is 2. The fourth-order valence-electron chi connectivity index (χ4n) is 4.88. The molecule has 4 aliphatic rings. The molecule has 8 nitrogen and oxygen atoms in total. The Balaban J connectivity index is 0.000000181. The number of nitrogens with one attached hydrogen (secondary N) is 2. The standard InChI is InChI=1S/2C12H22N2O2/c2*1-11(2,3)16-10(15)14-8-4-5-12(9-14)6-7-13-12/h2*13H,4-9H2,1-3H3. The number of piperidine rings is 2. The molecule has 0 aromatic heterocycles. The zero-order chi connectivity index (χ0) is 23.6. The summed E-state index contributed by atoms with van der Waals surface area (Å²) in [6.07, 6.45) is 6.57. The van der Waals surface area contributed by atoms with E-state index in [0.29, 0.717) is 0 Å². The Morgan fingerprint density at radius 3 is 1.28 bits per heavy atom. The van der Waals surface area contributed by atoms with E-state index in [9.17, 15) is 9.59 Å². The smallest absolute Gasteiger partial charge is 0.410 e. The van der Waals surface area contributed by atoms with Crippen LogP contribution in [-0.2, 0) is 9.47 Å². The highest BCUT2D eigenvalue weighted by atomic mass is 16.6. The van der Waals surface area contributed by atoms with Crippen LogP contribution in [-0.4, -0.2) is 83.5 Å². The number of rotatable bonds is 0. The Hall–Kier alpha value is -1.54. The number of carbonyl (C=O) groups excluding carboxylic acids is 2. The van der Waals surface area contributed by atoms with Crippen LogP contribution in [0.5, 0.6) is 0 Å². The summed E-state index contributed by atoms with van der Waals surface area (Å²) in [5.41, 5.74) is -0.381. The first-order valence-electron chi connectivity index (χ1n) is 12.3. The zero-order valence-electron chi connectivity index (χ0n) is 21.0. The zero-order valence-corrected chi connectivity index (χ0v) is 21.0. The average molecular weight is 453 g/mol. The van der Waals surface area contributed by atoms with E-state index in [0.717, 1.165) is 52.1 Å². The van der Waals surface area contributed by atoms with Gasteiger partial charge in [0.2, 0.25) is 0 Å². The van der Waals surface area contributed by atoms with Gasteiger partial charge in [-0.3, -0.25) is 0 Å². The summed E-state index contributed by atoms with van der Waals surface area (Å²) in [5.74, 6) is 0. The quantitative estimate of drug-likeness (QED) is 0.585. The normalized spacial score (nSPS) is 30.1. The molecule has 0 aromatic carbocycles. The molecule has 0 saturated carbocycles. The molecule has 0 bridgehead atoms. The third-order valence-electron chi connectivity index (χ3n) is 6.66. The molecule has 4 rings (SSSR count). The van der Waals surface area contributed by atoms with Gasteiger partial charge in [0.05, 0.1) is 0 Å². The highest BCUT2D eigenvalue weighted by Gasteiger charge is 2.43. The van der Waals surface area contributed by atoms with E-state index in [1.807, 2.05) is 51.3 Å². The molecule has 0 radical (unpaired) electrons. The molecular weight excluding hydrogens is 408 g/mol. The number of hydrogen-bond acceptors (Lipinski definition) is 6. The van der Waals surface area contributed by atoms with Crippen molar-refractivity contribution in [3.8, 4) is 0 Å². The predicted molar refractivity (Wildman–Crippen MR) is 125 cm³/mol. The molecule has 184 valence electrons. The van der Waals surface area contributed by atoms with Crippen LogP contribution in [0.15, 0.2) is 0 Å². The predicted octanol–water partition coefficient (Wildman–Crippen LogP) is 3.50. The van der Waals surface area contributed by atoms with Crippen LogP contribution in [0.3, 0.4) is 0 Å². The SMILES string of the molecule is CC(C)(C)OC(=O)N1CCCC2(CCN2)C1.CC(C)(C)OC(=O)N1CCCC2(CCN2)C1. The molecule has 2 amide bonds. The summed E-state index contributed by atoms with van der Waals surface area (Å²) in [6, 6.07) is 0. The summed E-state index contributed by atoms with van der Waals surface area (Å²) in [7, 11) is 0. The van der Waals surface area contributed by atoms with Crippen LogP contribution in [0.2, 0.25) is 0 Å². The molecule has 2 unspecified atom stereocenters. The van der Waals surface area contributed by atoms with Crippen LogP contribution >= 0.6 is 0 Å². The molecule has 4 heterocycles. The van der Waals surface area contributed by atoms with E-state index in [2.05, 4.69) is 10.6 Å².